The lowest BCUT2D eigenvalue weighted by molar-refractivity contribution is 0.320. The van der Waals surface area contributed by atoms with Gasteiger partial charge in [-0.25, -0.2) is 0 Å². The van der Waals surface area contributed by atoms with Crippen molar-refractivity contribution in [1.29, 1.82) is 0 Å². The molecule has 0 bridgehead atoms. The van der Waals surface area contributed by atoms with Gasteiger partial charge in [0, 0.05) is 0 Å². The van der Waals surface area contributed by atoms with Crippen molar-refractivity contribution in [3.63, 3.8) is 0 Å². The van der Waals surface area contributed by atoms with Crippen LogP contribution in [-0.2, 0) is 5.88 Å². The summed E-state index contributed by atoms with van der Waals surface area (Å²) in [5.74, 6) is 1.82. The maximum atomic E-state index is 5.70. The highest BCUT2D eigenvalue weighted by atomic mass is 35.5. The summed E-state index contributed by atoms with van der Waals surface area (Å²) in [6, 6.07) is 0. The van der Waals surface area contributed by atoms with E-state index >= 15 is 0 Å². The highest BCUT2D eigenvalue weighted by Crippen LogP contribution is 2.38. The first-order valence-corrected chi connectivity index (χ1v) is 4.51. The molecule has 0 aromatic carbocycles. The molecule has 15 heavy (non-hydrogen) atoms. The van der Waals surface area contributed by atoms with Gasteiger partial charge in [-0.2, -0.15) is 0 Å². The third-order valence-electron chi connectivity index (χ3n) is 1.78. The van der Waals surface area contributed by atoms with Crippen molar-refractivity contribution < 1.29 is 14.2 Å². The molecule has 0 radical (unpaired) electrons. The highest BCUT2D eigenvalue weighted by molar-refractivity contribution is 6.17. The van der Waals surface area contributed by atoms with Gasteiger partial charge in [-0.3, -0.25) is 4.98 Å². The van der Waals surface area contributed by atoms with Crippen LogP contribution in [0.2, 0.25) is 0 Å². The summed E-state index contributed by atoms with van der Waals surface area (Å²) in [6.45, 7) is 0. The fourth-order valence-corrected chi connectivity index (χ4v) is 1.33. The molecule has 0 unspecified atom stereocenters. The van der Waals surface area contributed by atoms with Gasteiger partial charge in [0.05, 0.1) is 33.4 Å². The zero-order valence-corrected chi connectivity index (χ0v) is 10.3. The fraction of sp³-hybridized carbons (Fsp3) is 0.444. The molecule has 0 saturated carbocycles. The lowest BCUT2D eigenvalue weighted by Gasteiger charge is -2.13. The Bertz CT molecular complexity index is 289. The number of rotatable bonds is 4. The summed E-state index contributed by atoms with van der Waals surface area (Å²) in [6.07, 6.45) is 1.55. The van der Waals surface area contributed by atoms with Gasteiger partial charge < -0.3 is 14.2 Å². The van der Waals surface area contributed by atoms with Crippen LogP contribution >= 0.6 is 24.0 Å². The first-order chi connectivity index (χ1) is 6.78. The summed E-state index contributed by atoms with van der Waals surface area (Å²) in [5.41, 5.74) is 0.631. The second-order valence-electron chi connectivity index (χ2n) is 2.47. The summed E-state index contributed by atoms with van der Waals surface area (Å²) in [4.78, 5) is 4.09. The Hall–Kier alpha value is -0.870. The van der Waals surface area contributed by atoms with Gasteiger partial charge >= 0.3 is 0 Å². The van der Waals surface area contributed by atoms with Crippen molar-refractivity contribution >= 4 is 24.0 Å². The Morgan fingerprint density at radius 3 is 2.13 bits per heavy atom. The predicted molar refractivity (Wildman–Crippen MR) is 60.7 cm³/mol. The zero-order chi connectivity index (χ0) is 10.6. The molecule has 0 fully saturated rings. The monoisotopic (exact) mass is 253 g/mol. The van der Waals surface area contributed by atoms with Gasteiger partial charge in [0.2, 0.25) is 5.75 Å². The number of nitrogens with zero attached hydrogens (tertiary/aromatic N) is 1. The molecule has 1 rings (SSSR count). The smallest absolute Gasteiger partial charge is 0.206 e. The molecule has 6 heteroatoms. The van der Waals surface area contributed by atoms with Gasteiger partial charge in [0.1, 0.15) is 5.69 Å². The van der Waals surface area contributed by atoms with Crippen molar-refractivity contribution in [3.05, 3.63) is 11.9 Å². The van der Waals surface area contributed by atoms with E-state index < -0.39 is 0 Å². The number of alkyl halides is 1. The lowest BCUT2D eigenvalue weighted by Crippen LogP contribution is -1.99. The molecule has 0 spiro atoms. The molecule has 1 aromatic heterocycles. The standard InChI is InChI=1S/C9H12ClNO3.ClH/c1-12-7-5-11-6(4-10)8(13-2)9(7)14-3;/h5H,4H2,1-3H3;1H. The molecule has 86 valence electrons. The van der Waals surface area contributed by atoms with E-state index in [2.05, 4.69) is 4.98 Å². The number of hydrogen-bond acceptors (Lipinski definition) is 4. The van der Waals surface area contributed by atoms with Crippen LogP contribution in [0.1, 0.15) is 5.69 Å². The largest absolute Gasteiger partial charge is 0.491 e. The van der Waals surface area contributed by atoms with E-state index in [-0.39, 0.29) is 18.3 Å². The first kappa shape index (κ1) is 14.1. The summed E-state index contributed by atoms with van der Waals surface area (Å²) in [5, 5.41) is 0. The fourth-order valence-electron chi connectivity index (χ4n) is 1.14. The quantitative estimate of drug-likeness (QED) is 0.773. The molecule has 0 saturated heterocycles. The summed E-state index contributed by atoms with van der Waals surface area (Å²) >= 11 is 5.70. The molecule has 0 amide bonds. The van der Waals surface area contributed by atoms with Gasteiger partial charge in [-0.15, -0.1) is 24.0 Å². The van der Waals surface area contributed by atoms with Crippen molar-refractivity contribution in [3.8, 4) is 17.2 Å². The molecule has 0 N–H and O–H groups in total. The van der Waals surface area contributed by atoms with Gasteiger partial charge in [-0.1, -0.05) is 0 Å². The SMILES string of the molecule is COc1cnc(CCl)c(OC)c1OC.Cl. The van der Waals surface area contributed by atoms with E-state index in [1.165, 1.54) is 7.11 Å². The maximum absolute atomic E-state index is 5.70. The van der Waals surface area contributed by atoms with Crippen LogP contribution < -0.4 is 14.2 Å². The molecule has 4 nitrogen and oxygen atoms in total. The van der Waals surface area contributed by atoms with Crippen molar-refractivity contribution in [2.75, 3.05) is 21.3 Å². The van der Waals surface area contributed by atoms with Crippen LogP contribution in [0.15, 0.2) is 6.20 Å². The molecule has 1 aromatic rings. The van der Waals surface area contributed by atoms with E-state index in [9.17, 15) is 0 Å². The van der Waals surface area contributed by atoms with Crippen molar-refractivity contribution in [1.82, 2.24) is 4.98 Å². The number of halogens is 2. The average molecular weight is 254 g/mol. The molecule has 0 aliphatic heterocycles. The van der Waals surface area contributed by atoms with Gasteiger partial charge in [0.15, 0.2) is 11.5 Å². The molecular formula is C9H13Cl2NO3. The predicted octanol–water partition coefficient (Wildman–Crippen LogP) is 2.27. The second-order valence-corrected chi connectivity index (χ2v) is 2.74. The Kier molecular flexibility index (Phi) is 6.20. The summed E-state index contributed by atoms with van der Waals surface area (Å²) < 4.78 is 15.4. The van der Waals surface area contributed by atoms with Gasteiger partial charge in [-0.05, 0) is 0 Å². The third-order valence-corrected chi connectivity index (χ3v) is 2.04. The van der Waals surface area contributed by atoms with Crippen LogP contribution in [0.4, 0.5) is 0 Å². The average Bonchev–Trinajstić information content (AvgIpc) is 2.26. The number of methoxy groups -OCH3 is 3. The van der Waals surface area contributed by atoms with Crippen LogP contribution in [0.3, 0.4) is 0 Å². The molecule has 1 heterocycles. The lowest BCUT2D eigenvalue weighted by atomic mass is 10.3. The topological polar surface area (TPSA) is 40.6 Å². The maximum Gasteiger partial charge on any atom is 0.206 e. The third kappa shape index (κ3) is 2.79. The van der Waals surface area contributed by atoms with E-state index in [1.807, 2.05) is 0 Å². The van der Waals surface area contributed by atoms with Crippen molar-refractivity contribution in [2.24, 2.45) is 0 Å². The van der Waals surface area contributed by atoms with Crippen LogP contribution in [0.5, 0.6) is 17.2 Å². The minimum atomic E-state index is 0. The zero-order valence-electron chi connectivity index (χ0n) is 8.74. The second kappa shape index (κ2) is 6.58. The minimum Gasteiger partial charge on any atom is -0.491 e. The number of ether oxygens (including phenoxy) is 3. The Morgan fingerprint density at radius 2 is 1.73 bits per heavy atom. The van der Waals surface area contributed by atoms with Crippen LogP contribution in [0, 0.1) is 0 Å². The Morgan fingerprint density at radius 1 is 1.13 bits per heavy atom. The van der Waals surface area contributed by atoms with E-state index in [1.54, 1.807) is 20.4 Å². The van der Waals surface area contributed by atoms with E-state index in [0.29, 0.717) is 22.9 Å². The highest BCUT2D eigenvalue weighted by Gasteiger charge is 2.15. The Labute approximate surface area is 99.9 Å². The molecule has 0 aliphatic rings. The normalized spacial score (nSPS) is 9.07. The number of pyridine rings is 1. The summed E-state index contributed by atoms with van der Waals surface area (Å²) in [7, 11) is 4.62. The molecule has 0 aliphatic carbocycles. The van der Waals surface area contributed by atoms with Crippen LogP contribution in [0.25, 0.3) is 0 Å². The van der Waals surface area contributed by atoms with Crippen LogP contribution in [-0.4, -0.2) is 26.3 Å². The molecule has 0 atom stereocenters. The Balaban J connectivity index is 0.00000196. The number of hydrogen-bond donors (Lipinski definition) is 0. The van der Waals surface area contributed by atoms with Gasteiger partial charge in [0.25, 0.3) is 0 Å². The first-order valence-electron chi connectivity index (χ1n) is 3.98. The van der Waals surface area contributed by atoms with E-state index in [4.69, 9.17) is 25.8 Å². The number of aromatic nitrogens is 1. The van der Waals surface area contributed by atoms with Crippen molar-refractivity contribution in [2.45, 2.75) is 5.88 Å². The van der Waals surface area contributed by atoms with E-state index in [0.717, 1.165) is 0 Å². The molecular weight excluding hydrogens is 241 g/mol. The minimum absolute atomic E-state index is 0.